The van der Waals surface area contributed by atoms with Crippen LogP contribution >= 0.6 is 0 Å². The van der Waals surface area contributed by atoms with Gasteiger partial charge in [-0.05, 0) is 25.8 Å². The summed E-state index contributed by atoms with van der Waals surface area (Å²) in [5.74, 6) is 0.163. The van der Waals surface area contributed by atoms with Gasteiger partial charge in [-0.15, -0.1) is 0 Å². The number of ketones is 1. The Morgan fingerprint density at radius 1 is 0.875 bits per heavy atom. The van der Waals surface area contributed by atoms with Crippen LogP contribution in [0.3, 0.4) is 0 Å². The van der Waals surface area contributed by atoms with Gasteiger partial charge in [-0.2, -0.15) is 0 Å². The molecule has 0 saturated heterocycles. The van der Waals surface area contributed by atoms with Crippen LogP contribution in [0.1, 0.15) is 78.1 Å². The largest absolute Gasteiger partial charge is 0.295 e. The van der Waals surface area contributed by atoms with Crippen molar-refractivity contribution in [3.05, 3.63) is 12.2 Å². The van der Waals surface area contributed by atoms with Gasteiger partial charge >= 0.3 is 0 Å². The molecule has 0 aromatic carbocycles. The van der Waals surface area contributed by atoms with Crippen LogP contribution < -0.4 is 0 Å². The van der Waals surface area contributed by atoms with Gasteiger partial charge in [0.05, 0.1) is 0 Å². The van der Waals surface area contributed by atoms with Crippen LogP contribution in [0, 0.1) is 0 Å². The van der Waals surface area contributed by atoms with E-state index in [1.807, 2.05) is 6.08 Å². The molecule has 0 unspecified atom stereocenters. The fourth-order valence-corrected chi connectivity index (χ4v) is 1.82. The second-order valence-corrected chi connectivity index (χ2v) is 4.63. The maximum absolute atomic E-state index is 10.6. The molecule has 0 atom stereocenters. The molecule has 0 N–H and O–H groups in total. The molecular weight excluding hydrogens is 196 g/mol. The minimum atomic E-state index is 0.163. The Morgan fingerprint density at radius 2 is 1.38 bits per heavy atom. The summed E-state index contributed by atoms with van der Waals surface area (Å²) in [7, 11) is 0. The van der Waals surface area contributed by atoms with Crippen molar-refractivity contribution in [3.63, 3.8) is 0 Å². The van der Waals surface area contributed by atoms with Gasteiger partial charge in [0.15, 0.2) is 5.78 Å². The van der Waals surface area contributed by atoms with Crippen molar-refractivity contribution in [3.8, 4) is 0 Å². The molecular formula is C15H28O. The molecule has 0 fully saturated rings. The molecule has 0 amide bonds. The molecule has 94 valence electrons. The first-order valence-corrected chi connectivity index (χ1v) is 6.94. The number of unbranched alkanes of at least 4 members (excludes halogenated alkanes) is 9. The van der Waals surface area contributed by atoms with Crippen molar-refractivity contribution >= 4 is 5.78 Å². The molecule has 0 spiro atoms. The van der Waals surface area contributed by atoms with Gasteiger partial charge in [-0.25, -0.2) is 0 Å². The Hall–Kier alpha value is -0.590. The van der Waals surface area contributed by atoms with Crippen LogP contribution in [0.4, 0.5) is 0 Å². The van der Waals surface area contributed by atoms with Crippen LogP contribution in [0.15, 0.2) is 12.2 Å². The van der Waals surface area contributed by atoms with E-state index in [4.69, 9.17) is 0 Å². The second kappa shape index (κ2) is 12.5. The minimum Gasteiger partial charge on any atom is -0.295 e. The first kappa shape index (κ1) is 15.4. The molecule has 0 heterocycles. The summed E-state index contributed by atoms with van der Waals surface area (Å²) in [5, 5.41) is 0. The summed E-state index contributed by atoms with van der Waals surface area (Å²) in [4.78, 5) is 10.6. The zero-order valence-electron chi connectivity index (χ0n) is 11.1. The van der Waals surface area contributed by atoms with E-state index < -0.39 is 0 Å². The van der Waals surface area contributed by atoms with Crippen molar-refractivity contribution in [1.82, 2.24) is 0 Å². The third-order valence-corrected chi connectivity index (χ3v) is 2.83. The highest BCUT2D eigenvalue weighted by molar-refractivity contribution is 5.87. The zero-order valence-corrected chi connectivity index (χ0v) is 11.1. The molecule has 0 aliphatic carbocycles. The zero-order chi connectivity index (χ0) is 12.1. The van der Waals surface area contributed by atoms with Crippen molar-refractivity contribution < 1.29 is 4.79 Å². The fourth-order valence-electron chi connectivity index (χ4n) is 1.82. The topological polar surface area (TPSA) is 17.1 Å². The molecule has 16 heavy (non-hydrogen) atoms. The van der Waals surface area contributed by atoms with Gasteiger partial charge < -0.3 is 0 Å². The molecule has 0 radical (unpaired) electrons. The predicted octanol–water partition coefficient (Wildman–Crippen LogP) is 5.05. The third kappa shape index (κ3) is 13.4. The highest BCUT2D eigenvalue weighted by Gasteiger charge is 1.91. The van der Waals surface area contributed by atoms with Gasteiger partial charge in [-0.1, -0.05) is 64.4 Å². The molecule has 1 nitrogen and oxygen atoms in total. The van der Waals surface area contributed by atoms with Gasteiger partial charge in [0.1, 0.15) is 0 Å². The fraction of sp³-hybridized carbons (Fsp3) is 0.800. The monoisotopic (exact) mass is 224 g/mol. The number of carbonyl (C=O) groups excluding carboxylic acids is 1. The predicted molar refractivity (Wildman–Crippen MR) is 71.7 cm³/mol. The second-order valence-electron chi connectivity index (χ2n) is 4.63. The van der Waals surface area contributed by atoms with Crippen LogP contribution in [-0.2, 0) is 4.79 Å². The molecule has 0 aromatic rings. The number of rotatable bonds is 11. The highest BCUT2D eigenvalue weighted by atomic mass is 16.1. The SMILES string of the molecule is CCCCCCCCCCCC=CC(C)=O. The number of allylic oxidation sites excluding steroid dienone is 2. The summed E-state index contributed by atoms with van der Waals surface area (Å²) >= 11 is 0. The summed E-state index contributed by atoms with van der Waals surface area (Å²) in [6, 6.07) is 0. The maximum atomic E-state index is 10.6. The lowest BCUT2D eigenvalue weighted by Gasteiger charge is -2.00. The molecule has 0 rings (SSSR count). The van der Waals surface area contributed by atoms with E-state index in [-0.39, 0.29) is 5.78 Å². The molecule has 0 saturated carbocycles. The van der Waals surface area contributed by atoms with E-state index in [2.05, 4.69) is 6.92 Å². The van der Waals surface area contributed by atoms with Crippen molar-refractivity contribution in [2.45, 2.75) is 78.1 Å². The standard InChI is InChI=1S/C15H28O/c1-3-4-5-6-7-8-9-10-11-12-13-14-15(2)16/h13-14H,3-12H2,1-2H3. The molecule has 0 bridgehead atoms. The Bertz CT molecular complexity index is 182. The summed E-state index contributed by atoms with van der Waals surface area (Å²) in [5.41, 5.74) is 0. The summed E-state index contributed by atoms with van der Waals surface area (Å²) < 4.78 is 0. The van der Waals surface area contributed by atoms with E-state index in [0.29, 0.717) is 0 Å². The number of hydrogen-bond acceptors (Lipinski definition) is 1. The summed E-state index contributed by atoms with van der Waals surface area (Å²) in [6.07, 6.45) is 17.0. The van der Waals surface area contributed by atoms with E-state index >= 15 is 0 Å². The molecule has 0 aliphatic rings. The maximum Gasteiger partial charge on any atom is 0.152 e. The van der Waals surface area contributed by atoms with Crippen molar-refractivity contribution in [1.29, 1.82) is 0 Å². The first-order chi connectivity index (χ1) is 7.77. The lowest BCUT2D eigenvalue weighted by molar-refractivity contribution is -0.112. The van der Waals surface area contributed by atoms with Crippen LogP contribution in [0.25, 0.3) is 0 Å². The van der Waals surface area contributed by atoms with Gasteiger partial charge in [-0.3, -0.25) is 4.79 Å². The van der Waals surface area contributed by atoms with Crippen LogP contribution in [0.5, 0.6) is 0 Å². The third-order valence-electron chi connectivity index (χ3n) is 2.83. The minimum absolute atomic E-state index is 0.163. The smallest absolute Gasteiger partial charge is 0.152 e. The van der Waals surface area contributed by atoms with E-state index in [9.17, 15) is 4.79 Å². The Labute approximate surface area is 101 Å². The van der Waals surface area contributed by atoms with Crippen LogP contribution in [0.2, 0.25) is 0 Å². The normalized spacial score (nSPS) is 11.1. The average Bonchev–Trinajstić information content (AvgIpc) is 2.25. The van der Waals surface area contributed by atoms with Gasteiger partial charge in [0.25, 0.3) is 0 Å². The Kier molecular flexibility index (Phi) is 12.0. The summed E-state index contributed by atoms with van der Waals surface area (Å²) in [6.45, 7) is 3.86. The first-order valence-electron chi connectivity index (χ1n) is 6.94. The molecule has 0 aromatic heterocycles. The van der Waals surface area contributed by atoms with E-state index in [0.717, 1.165) is 6.42 Å². The number of hydrogen-bond donors (Lipinski definition) is 0. The van der Waals surface area contributed by atoms with E-state index in [1.54, 1.807) is 13.0 Å². The Morgan fingerprint density at radius 3 is 1.88 bits per heavy atom. The van der Waals surface area contributed by atoms with Crippen molar-refractivity contribution in [2.24, 2.45) is 0 Å². The van der Waals surface area contributed by atoms with Crippen LogP contribution in [-0.4, -0.2) is 5.78 Å². The average molecular weight is 224 g/mol. The molecule has 0 aliphatic heterocycles. The highest BCUT2D eigenvalue weighted by Crippen LogP contribution is 2.10. The van der Waals surface area contributed by atoms with E-state index in [1.165, 1.54) is 57.8 Å². The Balaban J connectivity index is 3.01. The van der Waals surface area contributed by atoms with Gasteiger partial charge in [0.2, 0.25) is 0 Å². The lowest BCUT2D eigenvalue weighted by Crippen LogP contribution is -1.82. The van der Waals surface area contributed by atoms with Gasteiger partial charge in [0, 0.05) is 0 Å². The quantitative estimate of drug-likeness (QED) is 0.354. The number of carbonyl (C=O) groups is 1. The lowest BCUT2D eigenvalue weighted by atomic mass is 10.1. The van der Waals surface area contributed by atoms with Crippen molar-refractivity contribution in [2.75, 3.05) is 0 Å². The molecule has 1 heteroatoms.